The largest absolute Gasteiger partial charge is 0.491 e. The van der Waals surface area contributed by atoms with Gasteiger partial charge in [-0.25, -0.2) is 0 Å². The molecule has 0 aliphatic rings. The third kappa shape index (κ3) is 4.73. The standard InChI is InChI=1S/C21H23N3O3/c1-15(2)14-27-20-10-6-4-8-17(20)23-21(26)11-12-24-18-9-5-3-7-16(18)19(25)13-22-24/h3-10,13,15H,11-12,14H2,1-2H3,(H,23,26). The van der Waals surface area contributed by atoms with Gasteiger partial charge in [-0.15, -0.1) is 0 Å². The smallest absolute Gasteiger partial charge is 0.226 e. The van der Waals surface area contributed by atoms with Gasteiger partial charge in [0, 0.05) is 11.8 Å². The summed E-state index contributed by atoms with van der Waals surface area (Å²) in [6, 6.07) is 14.7. The highest BCUT2D eigenvalue weighted by molar-refractivity contribution is 5.92. The SMILES string of the molecule is CC(C)COc1ccccc1NC(=O)CCn1ncc(=O)c2ccccc21. The number of carbonyl (C=O) groups is 1. The highest BCUT2D eigenvalue weighted by Crippen LogP contribution is 2.24. The summed E-state index contributed by atoms with van der Waals surface area (Å²) in [5, 5.41) is 7.65. The maximum Gasteiger partial charge on any atom is 0.226 e. The number of nitrogens with zero attached hydrogens (tertiary/aromatic N) is 2. The zero-order valence-corrected chi connectivity index (χ0v) is 15.5. The minimum atomic E-state index is -0.139. The molecule has 3 aromatic rings. The fourth-order valence-electron chi connectivity index (χ4n) is 2.71. The number of hydrogen-bond donors (Lipinski definition) is 1. The minimum Gasteiger partial charge on any atom is -0.491 e. The van der Waals surface area contributed by atoms with Gasteiger partial charge in [-0.3, -0.25) is 14.3 Å². The Kier molecular flexibility index (Phi) is 5.86. The molecule has 2 aromatic carbocycles. The maximum atomic E-state index is 12.4. The Morgan fingerprint density at radius 3 is 2.70 bits per heavy atom. The second kappa shape index (κ2) is 8.49. The van der Waals surface area contributed by atoms with Gasteiger partial charge in [0.15, 0.2) is 0 Å². The third-order valence-electron chi connectivity index (χ3n) is 4.05. The molecule has 27 heavy (non-hydrogen) atoms. The zero-order chi connectivity index (χ0) is 19.2. The molecule has 1 aromatic heterocycles. The molecule has 3 rings (SSSR count). The molecule has 0 unspecified atom stereocenters. The lowest BCUT2D eigenvalue weighted by Crippen LogP contribution is -2.18. The van der Waals surface area contributed by atoms with Gasteiger partial charge in [-0.05, 0) is 30.2 Å². The summed E-state index contributed by atoms with van der Waals surface area (Å²) in [5.74, 6) is 0.917. The molecule has 0 radical (unpaired) electrons. The van der Waals surface area contributed by atoms with Crippen LogP contribution in [-0.4, -0.2) is 22.3 Å². The molecule has 1 N–H and O–H groups in total. The molecule has 1 heterocycles. The Morgan fingerprint density at radius 1 is 1.15 bits per heavy atom. The first kappa shape index (κ1) is 18.6. The number of aromatic nitrogens is 2. The average Bonchev–Trinajstić information content (AvgIpc) is 2.67. The van der Waals surface area contributed by atoms with E-state index in [-0.39, 0.29) is 17.8 Å². The third-order valence-corrected chi connectivity index (χ3v) is 4.05. The Bertz CT molecular complexity index is 995. The Labute approximate surface area is 157 Å². The zero-order valence-electron chi connectivity index (χ0n) is 15.5. The van der Waals surface area contributed by atoms with Crippen LogP contribution in [0.15, 0.2) is 59.5 Å². The van der Waals surface area contributed by atoms with Crippen LogP contribution in [0.2, 0.25) is 0 Å². The quantitative estimate of drug-likeness (QED) is 0.696. The summed E-state index contributed by atoms with van der Waals surface area (Å²) in [5.41, 5.74) is 1.25. The Hall–Kier alpha value is -3.15. The van der Waals surface area contributed by atoms with Gasteiger partial charge in [0.25, 0.3) is 0 Å². The van der Waals surface area contributed by atoms with Crippen LogP contribution in [0, 0.1) is 5.92 Å². The molecular weight excluding hydrogens is 342 g/mol. The van der Waals surface area contributed by atoms with Gasteiger partial charge >= 0.3 is 0 Å². The molecular formula is C21H23N3O3. The first-order valence-electron chi connectivity index (χ1n) is 9.01. The van der Waals surface area contributed by atoms with E-state index in [9.17, 15) is 9.59 Å². The molecule has 0 aliphatic carbocycles. The highest BCUT2D eigenvalue weighted by atomic mass is 16.5. The Balaban J connectivity index is 1.68. The molecule has 0 saturated carbocycles. The topological polar surface area (TPSA) is 73.2 Å². The van der Waals surface area contributed by atoms with Crippen LogP contribution in [-0.2, 0) is 11.3 Å². The van der Waals surface area contributed by atoms with Crippen molar-refractivity contribution in [3.8, 4) is 5.75 Å². The van der Waals surface area contributed by atoms with E-state index in [4.69, 9.17) is 4.74 Å². The van der Waals surface area contributed by atoms with Crippen LogP contribution >= 0.6 is 0 Å². The van der Waals surface area contributed by atoms with E-state index in [1.165, 1.54) is 6.20 Å². The number of aryl methyl sites for hydroxylation is 1. The molecule has 0 aliphatic heterocycles. The van der Waals surface area contributed by atoms with Crippen LogP contribution in [0.4, 0.5) is 5.69 Å². The van der Waals surface area contributed by atoms with Crippen molar-refractivity contribution in [3.63, 3.8) is 0 Å². The van der Waals surface area contributed by atoms with Crippen LogP contribution in [0.25, 0.3) is 10.9 Å². The number of benzene rings is 2. The summed E-state index contributed by atoms with van der Waals surface area (Å²) in [7, 11) is 0. The van der Waals surface area contributed by atoms with E-state index in [1.54, 1.807) is 10.7 Å². The molecule has 0 bridgehead atoms. The predicted octanol–water partition coefficient (Wildman–Crippen LogP) is 3.46. The van der Waals surface area contributed by atoms with Crippen LogP contribution in [0.1, 0.15) is 20.3 Å². The Morgan fingerprint density at radius 2 is 1.89 bits per heavy atom. The average molecular weight is 365 g/mol. The van der Waals surface area contributed by atoms with E-state index >= 15 is 0 Å². The van der Waals surface area contributed by atoms with Crippen LogP contribution in [0.3, 0.4) is 0 Å². The lowest BCUT2D eigenvalue weighted by atomic mass is 10.2. The first-order chi connectivity index (χ1) is 13.0. The van der Waals surface area contributed by atoms with Crippen molar-refractivity contribution in [2.75, 3.05) is 11.9 Å². The number of fused-ring (bicyclic) bond motifs is 1. The van der Waals surface area contributed by atoms with Crippen molar-refractivity contribution in [2.45, 2.75) is 26.8 Å². The molecule has 0 spiro atoms. The maximum absolute atomic E-state index is 12.4. The molecule has 140 valence electrons. The van der Waals surface area contributed by atoms with Crippen molar-refractivity contribution in [1.82, 2.24) is 9.78 Å². The number of para-hydroxylation sites is 3. The highest BCUT2D eigenvalue weighted by Gasteiger charge is 2.10. The fourth-order valence-corrected chi connectivity index (χ4v) is 2.71. The number of nitrogens with one attached hydrogen (secondary N) is 1. The molecule has 0 saturated heterocycles. The number of rotatable bonds is 7. The number of ether oxygens (including phenoxy) is 1. The van der Waals surface area contributed by atoms with Crippen molar-refractivity contribution in [2.24, 2.45) is 5.92 Å². The van der Waals surface area contributed by atoms with Crippen LogP contribution < -0.4 is 15.5 Å². The predicted molar refractivity (Wildman–Crippen MR) is 106 cm³/mol. The summed E-state index contributed by atoms with van der Waals surface area (Å²) < 4.78 is 7.44. The summed E-state index contributed by atoms with van der Waals surface area (Å²) in [6.07, 6.45) is 1.52. The van der Waals surface area contributed by atoms with Gasteiger partial charge in [-0.1, -0.05) is 38.1 Å². The summed E-state index contributed by atoms with van der Waals surface area (Å²) in [4.78, 5) is 24.3. The van der Waals surface area contributed by atoms with E-state index in [1.807, 2.05) is 42.5 Å². The minimum absolute atomic E-state index is 0.123. The van der Waals surface area contributed by atoms with Crippen molar-refractivity contribution < 1.29 is 9.53 Å². The number of carbonyl (C=O) groups excluding carboxylic acids is 1. The van der Waals surface area contributed by atoms with Gasteiger partial charge in [0.1, 0.15) is 5.75 Å². The second-order valence-corrected chi connectivity index (χ2v) is 6.75. The van der Waals surface area contributed by atoms with E-state index in [2.05, 4.69) is 24.3 Å². The normalized spacial score (nSPS) is 10.9. The fraction of sp³-hybridized carbons (Fsp3) is 0.286. The molecule has 0 fully saturated rings. The summed E-state index contributed by atoms with van der Waals surface area (Å²) >= 11 is 0. The molecule has 1 amide bonds. The molecule has 0 atom stereocenters. The van der Waals surface area contributed by atoms with Gasteiger partial charge in [0.2, 0.25) is 11.3 Å². The lowest BCUT2D eigenvalue weighted by molar-refractivity contribution is -0.116. The number of amides is 1. The molecule has 6 nitrogen and oxygen atoms in total. The van der Waals surface area contributed by atoms with E-state index < -0.39 is 0 Å². The molecule has 6 heteroatoms. The number of anilines is 1. The van der Waals surface area contributed by atoms with Gasteiger partial charge in [-0.2, -0.15) is 5.10 Å². The van der Waals surface area contributed by atoms with Crippen molar-refractivity contribution in [1.29, 1.82) is 0 Å². The van der Waals surface area contributed by atoms with Crippen molar-refractivity contribution >= 4 is 22.5 Å². The monoisotopic (exact) mass is 365 g/mol. The lowest BCUT2D eigenvalue weighted by Gasteiger charge is -2.14. The van der Waals surface area contributed by atoms with Crippen LogP contribution in [0.5, 0.6) is 5.75 Å². The van der Waals surface area contributed by atoms with Gasteiger partial charge < -0.3 is 10.1 Å². The van der Waals surface area contributed by atoms with E-state index in [0.29, 0.717) is 35.9 Å². The van der Waals surface area contributed by atoms with E-state index in [0.717, 1.165) is 5.52 Å². The summed E-state index contributed by atoms with van der Waals surface area (Å²) in [6.45, 7) is 5.10. The first-order valence-corrected chi connectivity index (χ1v) is 9.01. The van der Waals surface area contributed by atoms with Crippen molar-refractivity contribution in [3.05, 3.63) is 65.0 Å². The number of hydrogen-bond acceptors (Lipinski definition) is 4. The van der Waals surface area contributed by atoms with Gasteiger partial charge in [0.05, 0.1) is 30.6 Å². The second-order valence-electron chi connectivity index (χ2n) is 6.75.